The number of ether oxygens (including phenoxy) is 1. The topological polar surface area (TPSA) is 35.0 Å². The summed E-state index contributed by atoms with van der Waals surface area (Å²) >= 11 is 3.50. The molecule has 0 amide bonds. The molecule has 0 fully saturated rings. The van der Waals surface area contributed by atoms with Crippen LogP contribution in [0.2, 0.25) is 0 Å². The lowest BCUT2D eigenvalue weighted by Crippen LogP contribution is -2.16. The number of aryl methyl sites for hydroxylation is 2. The largest absolute Gasteiger partial charge is 0.496 e. The zero-order chi connectivity index (χ0) is 15.8. The minimum Gasteiger partial charge on any atom is -0.496 e. The molecule has 1 aromatic carbocycles. The third kappa shape index (κ3) is 3.43. The second-order valence-corrected chi connectivity index (χ2v) is 7.10. The van der Waals surface area contributed by atoms with Gasteiger partial charge in [-0.1, -0.05) is 20.8 Å². The Hall–Kier alpha value is -1.42. The highest BCUT2D eigenvalue weighted by atomic mass is 79.9. The van der Waals surface area contributed by atoms with Crippen LogP contribution in [0.25, 0.3) is 11.3 Å². The summed E-state index contributed by atoms with van der Waals surface area (Å²) in [6, 6.07) is 6.14. The molecule has 21 heavy (non-hydrogen) atoms. The smallest absolute Gasteiger partial charge is 0.135 e. The zero-order valence-electron chi connectivity index (χ0n) is 13.4. The highest BCUT2D eigenvalue weighted by Crippen LogP contribution is 2.31. The van der Waals surface area contributed by atoms with Gasteiger partial charge in [-0.2, -0.15) is 0 Å². The molecular formula is C17H21BrN2O. The lowest BCUT2D eigenvalue weighted by atomic mass is 9.95. The maximum atomic E-state index is 5.38. The molecule has 0 saturated carbocycles. The first-order chi connectivity index (χ1) is 9.72. The van der Waals surface area contributed by atoms with Crippen molar-refractivity contribution >= 4 is 15.9 Å². The van der Waals surface area contributed by atoms with Gasteiger partial charge in [-0.25, -0.2) is 9.97 Å². The first kappa shape index (κ1) is 16.0. The van der Waals surface area contributed by atoms with E-state index < -0.39 is 0 Å². The van der Waals surface area contributed by atoms with E-state index in [1.54, 1.807) is 7.11 Å². The van der Waals surface area contributed by atoms with Crippen molar-refractivity contribution in [1.29, 1.82) is 0 Å². The van der Waals surface area contributed by atoms with Gasteiger partial charge < -0.3 is 4.74 Å². The highest BCUT2D eigenvalue weighted by Gasteiger charge is 2.20. The Morgan fingerprint density at radius 1 is 1.00 bits per heavy atom. The van der Waals surface area contributed by atoms with Crippen molar-refractivity contribution in [2.75, 3.05) is 7.11 Å². The van der Waals surface area contributed by atoms with Crippen LogP contribution < -0.4 is 4.74 Å². The molecule has 0 aliphatic carbocycles. The van der Waals surface area contributed by atoms with E-state index in [1.165, 1.54) is 0 Å². The van der Waals surface area contributed by atoms with Crippen LogP contribution in [-0.2, 0) is 5.41 Å². The molecule has 0 radical (unpaired) electrons. The standard InChI is InChI=1S/C17H21BrN2O/c1-10-8-14(21-6)11(2)7-12(10)13-9-15(18)20-16(19-13)17(3,4)5/h7-9H,1-6H3. The molecule has 2 aromatic rings. The van der Waals surface area contributed by atoms with Crippen LogP contribution in [0, 0.1) is 13.8 Å². The summed E-state index contributed by atoms with van der Waals surface area (Å²) in [5.41, 5.74) is 4.20. The van der Waals surface area contributed by atoms with Gasteiger partial charge in [0, 0.05) is 11.0 Å². The fourth-order valence-electron chi connectivity index (χ4n) is 2.18. The second kappa shape index (κ2) is 5.76. The third-order valence-corrected chi connectivity index (χ3v) is 3.79. The van der Waals surface area contributed by atoms with E-state index in [9.17, 15) is 0 Å². The first-order valence-electron chi connectivity index (χ1n) is 6.93. The zero-order valence-corrected chi connectivity index (χ0v) is 15.0. The number of benzene rings is 1. The van der Waals surface area contributed by atoms with Crippen molar-refractivity contribution in [3.05, 3.63) is 39.8 Å². The van der Waals surface area contributed by atoms with Crippen LogP contribution in [-0.4, -0.2) is 17.1 Å². The minimum absolute atomic E-state index is 0.0893. The summed E-state index contributed by atoms with van der Waals surface area (Å²) in [6.07, 6.45) is 0. The lowest BCUT2D eigenvalue weighted by Gasteiger charge is -2.18. The van der Waals surface area contributed by atoms with E-state index in [0.717, 1.165) is 38.6 Å². The Morgan fingerprint density at radius 2 is 1.67 bits per heavy atom. The van der Waals surface area contributed by atoms with Crippen molar-refractivity contribution in [2.45, 2.75) is 40.0 Å². The fourth-order valence-corrected chi connectivity index (χ4v) is 2.56. The molecule has 0 aliphatic rings. The molecule has 1 aromatic heterocycles. The quantitative estimate of drug-likeness (QED) is 0.729. The van der Waals surface area contributed by atoms with Crippen molar-refractivity contribution in [3.8, 4) is 17.0 Å². The van der Waals surface area contributed by atoms with Gasteiger partial charge in [0.15, 0.2) is 0 Å². The number of methoxy groups -OCH3 is 1. The number of aromatic nitrogens is 2. The van der Waals surface area contributed by atoms with Crippen molar-refractivity contribution in [1.82, 2.24) is 9.97 Å². The SMILES string of the molecule is COc1cc(C)c(-c2cc(Br)nc(C(C)(C)C)n2)cc1C. The number of hydrogen-bond acceptors (Lipinski definition) is 3. The monoisotopic (exact) mass is 348 g/mol. The molecule has 3 nitrogen and oxygen atoms in total. The Bertz CT molecular complexity index is 675. The summed E-state index contributed by atoms with van der Waals surface area (Å²) in [6.45, 7) is 10.5. The van der Waals surface area contributed by atoms with Gasteiger partial charge in [0.2, 0.25) is 0 Å². The normalized spacial score (nSPS) is 11.6. The molecule has 0 saturated heterocycles. The van der Waals surface area contributed by atoms with Crippen LogP contribution in [0.1, 0.15) is 37.7 Å². The fraction of sp³-hybridized carbons (Fsp3) is 0.412. The van der Waals surface area contributed by atoms with Gasteiger partial charge in [-0.3, -0.25) is 0 Å². The molecule has 2 rings (SSSR count). The minimum atomic E-state index is -0.0893. The number of hydrogen-bond donors (Lipinski definition) is 0. The summed E-state index contributed by atoms with van der Waals surface area (Å²) in [5.74, 6) is 1.74. The summed E-state index contributed by atoms with van der Waals surface area (Å²) < 4.78 is 6.19. The molecule has 0 aliphatic heterocycles. The van der Waals surface area contributed by atoms with Crippen molar-refractivity contribution < 1.29 is 4.74 Å². The summed E-state index contributed by atoms with van der Waals surface area (Å²) in [7, 11) is 1.69. The Kier molecular flexibility index (Phi) is 4.38. The van der Waals surface area contributed by atoms with E-state index in [1.807, 2.05) is 13.0 Å². The molecule has 1 heterocycles. The van der Waals surface area contributed by atoms with E-state index >= 15 is 0 Å². The lowest BCUT2D eigenvalue weighted by molar-refractivity contribution is 0.411. The molecular weight excluding hydrogens is 328 g/mol. The molecule has 0 N–H and O–H groups in total. The average molecular weight is 349 g/mol. The summed E-state index contributed by atoms with van der Waals surface area (Å²) in [5, 5.41) is 0. The molecule has 112 valence electrons. The van der Waals surface area contributed by atoms with Gasteiger partial charge >= 0.3 is 0 Å². The molecule has 0 spiro atoms. The molecule has 4 heteroatoms. The van der Waals surface area contributed by atoms with Crippen molar-refractivity contribution in [3.63, 3.8) is 0 Å². The van der Waals surface area contributed by atoms with E-state index in [0.29, 0.717) is 0 Å². The average Bonchev–Trinajstić information content (AvgIpc) is 2.39. The van der Waals surface area contributed by atoms with Gasteiger partial charge in [0.05, 0.1) is 12.8 Å². The molecule has 0 atom stereocenters. The molecule has 0 unspecified atom stereocenters. The van der Waals surface area contributed by atoms with E-state index in [4.69, 9.17) is 9.72 Å². The number of rotatable bonds is 2. The second-order valence-electron chi connectivity index (χ2n) is 6.29. The van der Waals surface area contributed by atoms with Gasteiger partial charge in [-0.15, -0.1) is 0 Å². The predicted molar refractivity (Wildman–Crippen MR) is 89.9 cm³/mol. The van der Waals surface area contributed by atoms with E-state index in [-0.39, 0.29) is 5.41 Å². The number of nitrogens with zero attached hydrogens (tertiary/aromatic N) is 2. The van der Waals surface area contributed by atoms with E-state index in [2.05, 4.69) is 60.7 Å². The van der Waals surface area contributed by atoms with Crippen LogP contribution in [0.3, 0.4) is 0 Å². The van der Waals surface area contributed by atoms with Crippen LogP contribution in [0.4, 0.5) is 0 Å². The van der Waals surface area contributed by atoms with Gasteiger partial charge in [-0.05, 0) is 59.1 Å². The number of halogens is 1. The molecule has 0 bridgehead atoms. The Morgan fingerprint density at radius 3 is 2.24 bits per heavy atom. The van der Waals surface area contributed by atoms with Crippen LogP contribution in [0.15, 0.2) is 22.8 Å². The van der Waals surface area contributed by atoms with Crippen LogP contribution >= 0.6 is 15.9 Å². The first-order valence-corrected chi connectivity index (χ1v) is 7.72. The maximum absolute atomic E-state index is 5.38. The van der Waals surface area contributed by atoms with Crippen LogP contribution in [0.5, 0.6) is 5.75 Å². The Balaban J connectivity index is 2.62. The van der Waals surface area contributed by atoms with Crippen molar-refractivity contribution in [2.24, 2.45) is 0 Å². The van der Waals surface area contributed by atoms with Gasteiger partial charge in [0.1, 0.15) is 16.2 Å². The summed E-state index contributed by atoms with van der Waals surface area (Å²) in [4.78, 5) is 9.25. The maximum Gasteiger partial charge on any atom is 0.135 e. The third-order valence-electron chi connectivity index (χ3n) is 3.38. The van der Waals surface area contributed by atoms with Gasteiger partial charge in [0.25, 0.3) is 0 Å². The Labute approximate surface area is 134 Å². The predicted octanol–water partition coefficient (Wildman–Crippen LogP) is 4.83. The highest BCUT2D eigenvalue weighted by molar-refractivity contribution is 9.10.